The van der Waals surface area contributed by atoms with Crippen molar-refractivity contribution in [2.75, 3.05) is 0 Å². The minimum Gasteiger partial charge on any atom is -0.306 e. The van der Waals surface area contributed by atoms with Gasteiger partial charge in [-0.3, -0.25) is 4.79 Å². The first-order valence-electron chi connectivity index (χ1n) is 4.97. The standard InChI is InChI=1S/C12H7BrN2OS/c13-10-5-7(6-17-10)11-14-9-4-2-1-3-8(9)12(16)15-11/h1-6H,(H,14,15,16). The maximum Gasteiger partial charge on any atom is 0.259 e. The number of hydrogen-bond donors (Lipinski definition) is 1. The first kappa shape index (κ1) is 10.7. The first-order chi connectivity index (χ1) is 8.24. The molecule has 0 amide bonds. The molecule has 0 aliphatic rings. The van der Waals surface area contributed by atoms with Crippen molar-refractivity contribution in [1.82, 2.24) is 9.97 Å². The fourth-order valence-electron chi connectivity index (χ4n) is 1.66. The predicted molar refractivity (Wildman–Crippen MR) is 73.4 cm³/mol. The maximum absolute atomic E-state index is 11.9. The van der Waals surface area contributed by atoms with E-state index in [4.69, 9.17) is 0 Å². The summed E-state index contributed by atoms with van der Waals surface area (Å²) in [5, 5.41) is 2.57. The third-order valence-electron chi connectivity index (χ3n) is 2.45. The Hall–Kier alpha value is -1.46. The van der Waals surface area contributed by atoms with Crippen LogP contribution in [0, 0.1) is 0 Å². The van der Waals surface area contributed by atoms with Gasteiger partial charge >= 0.3 is 0 Å². The summed E-state index contributed by atoms with van der Waals surface area (Å²) in [6.45, 7) is 0. The van der Waals surface area contributed by atoms with Crippen LogP contribution < -0.4 is 5.56 Å². The zero-order chi connectivity index (χ0) is 11.8. The molecule has 84 valence electrons. The lowest BCUT2D eigenvalue weighted by molar-refractivity contribution is 1.18. The smallest absolute Gasteiger partial charge is 0.259 e. The summed E-state index contributed by atoms with van der Waals surface area (Å²) in [6, 6.07) is 9.27. The van der Waals surface area contributed by atoms with E-state index in [2.05, 4.69) is 25.9 Å². The Labute approximate surface area is 109 Å². The molecule has 0 fully saturated rings. The Morgan fingerprint density at radius 3 is 2.88 bits per heavy atom. The van der Waals surface area contributed by atoms with Gasteiger partial charge in [-0.1, -0.05) is 12.1 Å². The third-order valence-corrected chi connectivity index (χ3v) is 3.96. The SMILES string of the molecule is O=c1[nH]c(-c2csc(Br)c2)nc2ccccc12. The summed E-state index contributed by atoms with van der Waals surface area (Å²) >= 11 is 4.96. The highest BCUT2D eigenvalue weighted by atomic mass is 79.9. The Balaban J connectivity index is 2.29. The molecular weight excluding hydrogens is 300 g/mol. The fraction of sp³-hybridized carbons (Fsp3) is 0. The number of nitrogens with one attached hydrogen (secondary N) is 1. The van der Waals surface area contributed by atoms with Crippen molar-refractivity contribution in [3.05, 3.63) is 49.9 Å². The van der Waals surface area contributed by atoms with Crippen molar-refractivity contribution in [2.45, 2.75) is 0 Å². The van der Waals surface area contributed by atoms with Gasteiger partial charge in [0.25, 0.3) is 5.56 Å². The van der Waals surface area contributed by atoms with Crippen molar-refractivity contribution < 1.29 is 0 Å². The minimum atomic E-state index is -0.104. The lowest BCUT2D eigenvalue weighted by atomic mass is 10.2. The number of para-hydroxylation sites is 1. The second-order valence-electron chi connectivity index (χ2n) is 3.57. The Morgan fingerprint density at radius 2 is 2.12 bits per heavy atom. The summed E-state index contributed by atoms with van der Waals surface area (Å²) in [5.41, 5.74) is 1.53. The molecule has 0 aliphatic carbocycles. The highest BCUT2D eigenvalue weighted by Crippen LogP contribution is 2.26. The highest BCUT2D eigenvalue weighted by molar-refractivity contribution is 9.11. The number of hydrogen-bond acceptors (Lipinski definition) is 3. The zero-order valence-corrected chi connectivity index (χ0v) is 11.0. The quantitative estimate of drug-likeness (QED) is 0.749. The molecule has 0 saturated heterocycles. The van der Waals surface area contributed by atoms with Crippen LogP contribution in [0.2, 0.25) is 0 Å². The molecule has 3 nitrogen and oxygen atoms in total. The van der Waals surface area contributed by atoms with Crippen LogP contribution in [-0.4, -0.2) is 9.97 Å². The highest BCUT2D eigenvalue weighted by Gasteiger charge is 2.06. The van der Waals surface area contributed by atoms with Crippen molar-refractivity contribution >= 4 is 38.2 Å². The number of nitrogens with zero attached hydrogens (tertiary/aromatic N) is 1. The average Bonchev–Trinajstić information content (AvgIpc) is 2.76. The fourth-order valence-corrected chi connectivity index (χ4v) is 2.80. The molecule has 0 aliphatic heterocycles. The lowest BCUT2D eigenvalue weighted by Crippen LogP contribution is -2.08. The molecule has 0 atom stereocenters. The summed E-state index contributed by atoms with van der Waals surface area (Å²) in [4.78, 5) is 19.1. The molecule has 0 unspecified atom stereocenters. The topological polar surface area (TPSA) is 45.8 Å². The van der Waals surface area contributed by atoms with E-state index in [-0.39, 0.29) is 5.56 Å². The molecule has 3 rings (SSSR count). The van der Waals surface area contributed by atoms with Crippen molar-refractivity contribution in [1.29, 1.82) is 0 Å². The van der Waals surface area contributed by atoms with Gasteiger partial charge in [-0.2, -0.15) is 0 Å². The van der Waals surface area contributed by atoms with E-state index < -0.39 is 0 Å². The molecule has 0 saturated carbocycles. The number of thiophene rings is 1. The number of H-pyrrole nitrogens is 1. The van der Waals surface area contributed by atoms with Crippen LogP contribution in [0.3, 0.4) is 0 Å². The second-order valence-corrected chi connectivity index (χ2v) is 5.86. The van der Waals surface area contributed by atoms with Crippen molar-refractivity contribution in [3.8, 4) is 11.4 Å². The molecule has 3 aromatic rings. The molecule has 1 aromatic carbocycles. The predicted octanol–water partition coefficient (Wildman–Crippen LogP) is 3.41. The van der Waals surface area contributed by atoms with Gasteiger partial charge in [0.05, 0.1) is 14.7 Å². The van der Waals surface area contributed by atoms with Gasteiger partial charge in [-0.05, 0) is 34.1 Å². The number of rotatable bonds is 1. The number of aromatic nitrogens is 2. The Bertz CT molecular complexity index is 747. The van der Waals surface area contributed by atoms with E-state index in [1.807, 2.05) is 29.6 Å². The second kappa shape index (κ2) is 4.09. The van der Waals surface area contributed by atoms with Crippen molar-refractivity contribution in [2.24, 2.45) is 0 Å². The molecule has 0 bridgehead atoms. The van der Waals surface area contributed by atoms with Crippen LogP contribution in [0.1, 0.15) is 0 Å². The summed E-state index contributed by atoms with van der Waals surface area (Å²) < 4.78 is 1.02. The number of aromatic amines is 1. The molecule has 1 N–H and O–H groups in total. The number of halogens is 1. The summed E-state index contributed by atoms with van der Waals surface area (Å²) in [6.07, 6.45) is 0. The molecule has 17 heavy (non-hydrogen) atoms. The third kappa shape index (κ3) is 1.92. The first-order valence-corrected chi connectivity index (χ1v) is 6.65. The van der Waals surface area contributed by atoms with E-state index in [1.54, 1.807) is 17.4 Å². The lowest BCUT2D eigenvalue weighted by Gasteiger charge is -2.00. The van der Waals surface area contributed by atoms with Gasteiger partial charge < -0.3 is 4.98 Å². The largest absolute Gasteiger partial charge is 0.306 e. The zero-order valence-electron chi connectivity index (χ0n) is 8.61. The van der Waals surface area contributed by atoms with Gasteiger partial charge in [0.2, 0.25) is 0 Å². The normalized spacial score (nSPS) is 10.9. The van der Waals surface area contributed by atoms with Crippen LogP contribution in [-0.2, 0) is 0 Å². The van der Waals surface area contributed by atoms with Crippen LogP contribution in [0.25, 0.3) is 22.3 Å². The van der Waals surface area contributed by atoms with Crippen LogP contribution in [0.5, 0.6) is 0 Å². The van der Waals surface area contributed by atoms with E-state index in [1.165, 1.54) is 0 Å². The Morgan fingerprint density at radius 1 is 1.29 bits per heavy atom. The average molecular weight is 307 g/mol. The Kier molecular flexibility index (Phi) is 2.57. The van der Waals surface area contributed by atoms with E-state index in [9.17, 15) is 4.79 Å². The molecule has 5 heteroatoms. The number of fused-ring (bicyclic) bond motifs is 1. The molecule has 0 radical (unpaired) electrons. The molecule has 0 spiro atoms. The van der Waals surface area contributed by atoms with Crippen molar-refractivity contribution in [3.63, 3.8) is 0 Å². The number of benzene rings is 1. The molecular formula is C12H7BrN2OS. The summed E-state index contributed by atoms with van der Waals surface area (Å²) in [5.74, 6) is 0.607. The van der Waals surface area contributed by atoms with Gasteiger partial charge in [-0.15, -0.1) is 11.3 Å². The van der Waals surface area contributed by atoms with E-state index >= 15 is 0 Å². The maximum atomic E-state index is 11.9. The van der Waals surface area contributed by atoms with Crippen LogP contribution >= 0.6 is 27.3 Å². The monoisotopic (exact) mass is 306 g/mol. The van der Waals surface area contributed by atoms with Gasteiger partial charge in [0.1, 0.15) is 5.82 Å². The minimum absolute atomic E-state index is 0.104. The van der Waals surface area contributed by atoms with E-state index in [0.717, 1.165) is 9.35 Å². The van der Waals surface area contributed by atoms with Gasteiger partial charge in [0, 0.05) is 10.9 Å². The van der Waals surface area contributed by atoms with Crippen LogP contribution in [0.4, 0.5) is 0 Å². The van der Waals surface area contributed by atoms with Gasteiger partial charge in [0.15, 0.2) is 0 Å². The van der Waals surface area contributed by atoms with Crippen LogP contribution in [0.15, 0.2) is 44.3 Å². The molecule has 2 aromatic heterocycles. The van der Waals surface area contributed by atoms with E-state index in [0.29, 0.717) is 16.7 Å². The van der Waals surface area contributed by atoms with Gasteiger partial charge in [-0.25, -0.2) is 4.98 Å². The molecule has 2 heterocycles. The summed E-state index contributed by atoms with van der Waals surface area (Å²) in [7, 11) is 0.